The van der Waals surface area contributed by atoms with E-state index in [0.717, 1.165) is 102 Å². The highest BCUT2D eigenvalue weighted by Crippen LogP contribution is 2.16. The fourth-order valence-electron chi connectivity index (χ4n) is 6.85. The Labute approximate surface area is 527 Å². The molecule has 0 rings (SSSR count). The number of carbonyl (C=O) groups excluding carboxylic acids is 1. The van der Waals surface area contributed by atoms with Crippen LogP contribution in [0.1, 0.15) is 255 Å². The van der Waals surface area contributed by atoms with Gasteiger partial charge in [-0.1, -0.05) is 159 Å². The van der Waals surface area contributed by atoms with Gasteiger partial charge in [0.2, 0.25) is 0 Å². The van der Waals surface area contributed by atoms with Crippen LogP contribution in [0.4, 0.5) is 0 Å². The van der Waals surface area contributed by atoms with Crippen LogP contribution in [-0.4, -0.2) is 81.9 Å². The van der Waals surface area contributed by atoms with Crippen LogP contribution in [0.25, 0.3) is 0 Å². The Morgan fingerprint density at radius 1 is 0.459 bits per heavy atom. The number of hydrogen-bond donors (Lipinski definition) is 6. The summed E-state index contributed by atoms with van der Waals surface area (Å²) >= 11 is 0. The van der Waals surface area contributed by atoms with Crippen molar-refractivity contribution in [3.05, 3.63) is 166 Å². The summed E-state index contributed by atoms with van der Waals surface area (Å²) in [5, 5.41) is 52.9. The van der Waals surface area contributed by atoms with Gasteiger partial charge >= 0.3 is 5.97 Å². The third-order valence-corrected chi connectivity index (χ3v) is 12.8. The first kappa shape index (κ1) is 94.3. The summed E-state index contributed by atoms with van der Waals surface area (Å²) in [4.78, 5) is 10.6. The largest absolute Gasteiger partial charge is 0.465 e. The molecular formula is C77H138O8. The lowest BCUT2D eigenvalue weighted by Gasteiger charge is -2.16. The zero-order valence-corrected chi connectivity index (χ0v) is 59.4. The highest BCUT2D eigenvalue weighted by molar-refractivity contribution is 5.65. The number of aliphatic hydroxyl groups excluding tert-OH is 5. The van der Waals surface area contributed by atoms with Crippen molar-refractivity contribution >= 4 is 5.97 Å². The molecule has 2 unspecified atom stereocenters. The van der Waals surface area contributed by atoms with Gasteiger partial charge in [0.15, 0.2) is 0 Å². The molecule has 0 aliphatic carbocycles. The fourth-order valence-corrected chi connectivity index (χ4v) is 6.85. The van der Waals surface area contributed by atoms with E-state index in [-0.39, 0.29) is 44.2 Å². The lowest BCUT2D eigenvalue weighted by molar-refractivity contribution is -0.141. The second-order valence-electron chi connectivity index (χ2n) is 24.5. The van der Waals surface area contributed by atoms with E-state index in [1.54, 1.807) is 13.0 Å². The topological polar surface area (TPSA) is 148 Å². The van der Waals surface area contributed by atoms with E-state index in [4.69, 9.17) is 30.3 Å². The van der Waals surface area contributed by atoms with E-state index in [0.29, 0.717) is 19.1 Å². The van der Waals surface area contributed by atoms with Crippen LogP contribution >= 0.6 is 0 Å². The Kier molecular flexibility index (Phi) is 74.4. The van der Waals surface area contributed by atoms with E-state index in [2.05, 4.69) is 200 Å². The van der Waals surface area contributed by atoms with Crippen molar-refractivity contribution in [2.24, 2.45) is 17.8 Å². The molecule has 8 heteroatoms. The van der Waals surface area contributed by atoms with Crippen molar-refractivity contribution in [3.63, 3.8) is 0 Å². The lowest BCUT2D eigenvalue weighted by atomic mass is 9.98. The Morgan fingerprint density at radius 2 is 0.788 bits per heavy atom. The SMILES string of the molecule is C=C(C)[C@H](CO)CC=C(C)C.C=CC(CCC=C(C)C)COC(C)=O.C=C[C@](C)(O)CCC=C(C)C.CC(C)=CCC/C(C)=C/CC/C(C)=C/CO.CC(C)=CCC/C(C)=C/CO.CC(C)=CCC/C(C)=C\CO.CC(C)=CCCC(C)CCO. The molecule has 0 saturated heterocycles. The molecule has 0 aliphatic rings. The Balaban J connectivity index is -0.000000168. The zero-order chi connectivity index (χ0) is 67.2. The molecule has 6 N–H and O–H groups in total. The van der Waals surface area contributed by atoms with Crippen molar-refractivity contribution in [3.8, 4) is 0 Å². The van der Waals surface area contributed by atoms with Gasteiger partial charge in [-0.15, -0.1) is 13.2 Å². The van der Waals surface area contributed by atoms with Crippen molar-refractivity contribution in [2.75, 3.05) is 39.6 Å². The molecule has 0 heterocycles. The molecule has 0 fully saturated rings. The molecule has 0 aromatic rings. The summed E-state index contributed by atoms with van der Waals surface area (Å²) in [5.74, 6) is 0.953. The predicted molar refractivity (Wildman–Crippen MR) is 379 cm³/mol. The zero-order valence-electron chi connectivity index (χ0n) is 59.4. The Bertz CT molecular complexity index is 1960. The summed E-state index contributed by atoms with van der Waals surface area (Å²) in [6.07, 6.45) is 43.4. The minimum absolute atomic E-state index is 0.162. The van der Waals surface area contributed by atoms with Crippen molar-refractivity contribution in [1.29, 1.82) is 0 Å². The summed E-state index contributed by atoms with van der Waals surface area (Å²) in [6, 6.07) is 0. The molecule has 0 saturated carbocycles. The number of allylic oxidation sites excluding steroid dienone is 19. The minimum Gasteiger partial charge on any atom is -0.465 e. The van der Waals surface area contributed by atoms with Crippen LogP contribution in [0.15, 0.2) is 166 Å². The normalized spacial score (nSPS) is 12.5. The van der Waals surface area contributed by atoms with Crippen LogP contribution in [0, 0.1) is 17.8 Å². The van der Waals surface area contributed by atoms with Gasteiger partial charge in [0, 0.05) is 32.0 Å². The first-order valence-electron chi connectivity index (χ1n) is 31.5. The van der Waals surface area contributed by atoms with Gasteiger partial charge in [0.05, 0.1) is 32.0 Å². The summed E-state index contributed by atoms with van der Waals surface area (Å²) in [6.45, 7) is 57.6. The summed E-state index contributed by atoms with van der Waals surface area (Å²) < 4.78 is 4.92. The van der Waals surface area contributed by atoms with E-state index < -0.39 is 5.60 Å². The quantitative estimate of drug-likeness (QED) is 0.0276. The Hall–Kier alpha value is -4.41. The van der Waals surface area contributed by atoms with Gasteiger partial charge in [-0.25, -0.2) is 0 Å². The second-order valence-corrected chi connectivity index (χ2v) is 24.5. The van der Waals surface area contributed by atoms with Crippen LogP contribution in [0.5, 0.6) is 0 Å². The van der Waals surface area contributed by atoms with Crippen molar-refractivity contribution in [2.45, 2.75) is 261 Å². The number of esters is 1. The monoisotopic (exact) mass is 1190 g/mol. The molecule has 0 aromatic heterocycles. The first-order chi connectivity index (χ1) is 39.7. The molecule has 85 heavy (non-hydrogen) atoms. The number of hydrogen-bond acceptors (Lipinski definition) is 8. The predicted octanol–water partition coefficient (Wildman–Crippen LogP) is 20.8. The molecule has 8 nitrogen and oxygen atoms in total. The molecule has 0 aliphatic heterocycles. The molecule has 0 amide bonds. The number of ether oxygens (including phenoxy) is 1. The van der Waals surface area contributed by atoms with Crippen LogP contribution in [0.3, 0.4) is 0 Å². The number of carbonyl (C=O) groups is 1. The molecule has 0 radical (unpaired) electrons. The first-order valence-corrected chi connectivity index (χ1v) is 31.5. The van der Waals surface area contributed by atoms with Crippen LogP contribution in [0.2, 0.25) is 0 Å². The number of aliphatic hydroxyl groups is 6. The van der Waals surface area contributed by atoms with E-state index in [9.17, 15) is 9.90 Å². The molecule has 4 atom stereocenters. The van der Waals surface area contributed by atoms with Gasteiger partial charge < -0.3 is 35.4 Å². The Morgan fingerprint density at radius 3 is 1.08 bits per heavy atom. The highest BCUT2D eigenvalue weighted by atomic mass is 16.5. The van der Waals surface area contributed by atoms with Crippen LogP contribution < -0.4 is 0 Å². The molecular weight excluding hydrogens is 1050 g/mol. The maximum absolute atomic E-state index is 10.6. The van der Waals surface area contributed by atoms with Crippen molar-refractivity contribution in [1.82, 2.24) is 0 Å². The van der Waals surface area contributed by atoms with Gasteiger partial charge in [-0.2, -0.15) is 0 Å². The third-order valence-electron chi connectivity index (χ3n) is 12.8. The maximum atomic E-state index is 10.6. The summed E-state index contributed by atoms with van der Waals surface area (Å²) in [7, 11) is 0. The minimum atomic E-state index is -0.702. The van der Waals surface area contributed by atoms with Gasteiger partial charge in [-0.3, -0.25) is 4.79 Å². The molecule has 494 valence electrons. The number of rotatable bonds is 34. The van der Waals surface area contributed by atoms with Gasteiger partial charge in [-0.05, 0) is 247 Å². The van der Waals surface area contributed by atoms with Gasteiger partial charge in [0.25, 0.3) is 0 Å². The molecule has 0 bridgehead atoms. The second kappa shape index (κ2) is 67.1. The smallest absolute Gasteiger partial charge is 0.302 e. The molecule has 0 aromatic carbocycles. The van der Waals surface area contributed by atoms with Crippen LogP contribution in [-0.2, 0) is 9.53 Å². The van der Waals surface area contributed by atoms with E-state index >= 15 is 0 Å². The van der Waals surface area contributed by atoms with Gasteiger partial charge in [0.1, 0.15) is 0 Å². The fraction of sp³-hybridized carbons (Fsp3) is 0.623. The third kappa shape index (κ3) is 93.5. The standard InChI is InChI=1S/C15H26O.C12H20O2.C10H18O.C10H20O.3C10H18O/c1-13(2)7-5-8-14(3)9-6-10-15(4)11-12-16;1-5-12(9-14-11(4)13)8-6-7-10(2)3;1-8(2)5-6-10(7-11)9(3)4;3*1-9(2)5-4-6-10(3)7-8-11;1-5-10(4,11)8-6-7-9(2)3/h7,9,11,16H,5-6,8,10,12H2,1-4H3;5,7,12H,1,6,8-9H2,2-4H3;5,10-11H,3,6-7H2,1-2,4H3;5,10-11H,4,6-8H2,1-3H3;2*5,7,11H,4,6,8H2,1-3H3;5,7,11H,1,6,8H2,2-4H3/b14-9+,15-11+;;;;10-7+;10-7-;/t;;10-;;;;10-/m..0...0/s1. The maximum Gasteiger partial charge on any atom is 0.302 e. The average molecular weight is 1190 g/mol. The van der Waals surface area contributed by atoms with Crippen molar-refractivity contribution < 1.29 is 40.2 Å². The average Bonchev–Trinajstić information content (AvgIpc) is 3.39. The highest BCUT2D eigenvalue weighted by Gasteiger charge is 2.13. The lowest BCUT2D eigenvalue weighted by Crippen LogP contribution is -2.19. The molecule has 0 spiro atoms. The van der Waals surface area contributed by atoms with E-state index in [1.807, 2.05) is 31.2 Å². The summed E-state index contributed by atoms with van der Waals surface area (Å²) in [5.41, 5.74) is 15.1. The van der Waals surface area contributed by atoms with E-state index in [1.165, 1.54) is 74.6 Å².